The molecule has 1 rings (SSSR count). The number of methoxy groups -OCH3 is 1. The van der Waals surface area contributed by atoms with Gasteiger partial charge in [-0.3, -0.25) is 4.79 Å². The number of ketones is 1. The van der Waals surface area contributed by atoms with Gasteiger partial charge >= 0.3 is 0 Å². The molecule has 0 aliphatic carbocycles. The van der Waals surface area contributed by atoms with Crippen LogP contribution >= 0.6 is 0 Å². The molecule has 1 unspecified atom stereocenters. The van der Waals surface area contributed by atoms with Gasteiger partial charge in [-0.15, -0.1) is 0 Å². The van der Waals surface area contributed by atoms with E-state index in [1.807, 2.05) is 26.0 Å². The molecule has 0 spiro atoms. The molecular formula is C12H17NO2. The second-order valence-corrected chi connectivity index (χ2v) is 3.73. The van der Waals surface area contributed by atoms with Crippen LogP contribution in [0, 0.1) is 13.8 Å². The summed E-state index contributed by atoms with van der Waals surface area (Å²) in [5, 5.41) is 0. The summed E-state index contributed by atoms with van der Waals surface area (Å²) in [6, 6.07) is 5.03. The summed E-state index contributed by atoms with van der Waals surface area (Å²) in [5.74, 6) is -0.0695. The van der Waals surface area contributed by atoms with E-state index in [9.17, 15) is 4.79 Å². The van der Waals surface area contributed by atoms with E-state index in [0.29, 0.717) is 5.56 Å². The molecule has 0 heterocycles. The lowest BCUT2D eigenvalue weighted by Gasteiger charge is -2.10. The Morgan fingerprint density at radius 1 is 1.40 bits per heavy atom. The zero-order chi connectivity index (χ0) is 11.4. The van der Waals surface area contributed by atoms with Gasteiger partial charge in [-0.2, -0.15) is 0 Å². The zero-order valence-electron chi connectivity index (χ0n) is 9.41. The maximum atomic E-state index is 11.8. The molecule has 2 N–H and O–H groups in total. The van der Waals surface area contributed by atoms with Crippen LogP contribution in [-0.2, 0) is 4.74 Å². The average molecular weight is 207 g/mol. The minimum atomic E-state index is -0.572. The molecule has 82 valence electrons. The highest BCUT2D eigenvalue weighted by atomic mass is 16.5. The quantitative estimate of drug-likeness (QED) is 0.760. The number of aryl methyl sites for hydroxylation is 2. The van der Waals surface area contributed by atoms with Gasteiger partial charge in [0.1, 0.15) is 0 Å². The number of carbonyl (C=O) groups is 1. The lowest BCUT2D eigenvalue weighted by atomic mass is 10.0. The van der Waals surface area contributed by atoms with E-state index < -0.39 is 6.04 Å². The van der Waals surface area contributed by atoms with Crippen LogP contribution in [0.1, 0.15) is 21.5 Å². The Bertz CT molecular complexity index is 361. The van der Waals surface area contributed by atoms with Crippen molar-refractivity contribution in [3.8, 4) is 0 Å². The van der Waals surface area contributed by atoms with Crippen LogP contribution in [0.2, 0.25) is 0 Å². The number of hydrogen-bond donors (Lipinski definition) is 1. The van der Waals surface area contributed by atoms with Crippen molar-refractivity contribution in [2.45, 2.75) is 19.9 Å². The topological polar surface area (TPSA) is 52.3 Å². The van der Waals surface area contributed by atoms with Crippen LogP contribution in [-0.4, -0.2) is 25.5 Å². The fourth-order valence-electron chi connectivity index (χ4n) is 1.36. The van der Waals surface area contributed by atoms with E-state index >= 15 is 0 Å². The maximum Gasteiger partial charge on any atom is 0.181 e. The van der Waals surface area contributed by atoms with Crippen molar-refractivity contribution in [2.24, 2.45) is 5.73 Å². The van der Waals surface area contributed by atoms with Crippen molar-refractivity contribution in [2.75, 3.05) is 13.7 Å². The van der Waals surface area contributed by atoms with Crippen LogP contribution < -0.4 is 5.73 Å². The Morgan fingerprint density at radius 2 is 2.07 bits per heavy atom. The fourth-order valence-corrected chi connectivity index (χ4v) is 1.36. The van der Waals surface area contributed by atoms with Gasteiger partial charge in [0.25, 0.3) is 0 Å². The standard InChI is InChI=1S/C12H17NO2/c1-8-4-5-10(6-9(8)2)12(14)11(13)7-15-3/h4-6,11H,7,13H2,1-3H3. The van der Waals surface area contributed by atoms with Gasteiger partial charge in [-0.05, 0) is 31.0 Å². The monoisotopic (exact) mass is 207 g/mol. The van der Waals surface area contributed by atoms with Gasteiger partial charge < -0.3 is 10.5 Å². The van der Waals surface area contributed by atoms with E-state index in [0.717, 1.165) is 5.56 Å². The lowest BCUT2D eigenvalue weighted by Crippen LogP contribution is -2.34. The molecule has 0 amide bonds. The zero-order valence-corrected chi connectivity index (χ0v) is 9.41. The van der Waals surface area contributed by atoms with E-state index in [1.54, 1.807) is 6.07 Å². The fraction of sp³-hybridized carbons (Fsp3) is 0.417. The number of nitrogens with two attached hydrogens (primary N) is 1. The van der Waals surface area contributed by atoms with Gasteiger partial charge in [0, 0.05) is 12.7 Å². The molecule has 1 atom stereocenters. The van der Waals surface area contributed by atoms with Crippen molar-refractivity contribution in [3.63, 3.8) is 0 Å². The first kappa shape index (κ1) is 11.9. The normalized spacial score (nSPS) is 12.5. The Balaban J connectivity index is 2.87. The molecule has 15 heavy (non-hydrogen) atoms. The van der Waals surface area contributed by atoms with Crippen LogP contribution in [0.3, 0.4) is 0 Å². The number of carbonyl (C=O) groups excluding carboxylic acids is 1. The predicted octanol–water partition coefficient (Wildman–Crippen LogP) is 1.46. The van der Waals surface area contributed by atoms with Gasteiger partial charge in [0.15, 0.2) is 5.78 Å². The molecule has 0 saturated heterocycles. The molecule has 1 aromatic carbocycles. The lowest BCUT2D eigenvalue weighted by molar-refractivity contribution is 0.0892. The highest BCUT2D eigenvalue weighted by Gasteiger charge is 2.15. The van der Waals surface area contributed by atoms with Crippen molar-refractivity contribution in [3.05, 3.63) is 34.9 Å². The molecule has 0 aliphatic heterocycles. The number of benzene rings is 1. The van der Waals surface area contributed by atoms with Gasteiger partial charge in [0.05, 0.1) is 12.6 Å². The van der Waals surface area contributed by atoms with Crippen molar-refractivity contribution in [1.82, 2.24) is 0 Å². The van der Waals surface area contributed by atoms with Crippen molar-refractivity contribution >= 4 is 5.78 Å². The highest BCUT2D eigenvalue weighted by molar-refractivity contribution is 6.00. The maximum absolute atomic E-state index is 11.8. The van der Waals surface area contributed by atoms with Gasteiger partial charge in [0.2, 0.25) is 0 Å². The highest BCUT2D eigenvalue weighted by Crippen LogP contribution is 2.11. The smallest absolute Gasteiger partial charge is 0.181 e. The Labute approximate surface area is 90.2 Å². The molecule has 3 heteroatoms. The molecule has 3 nitrogen and oxygen atoms in total. The first-order chi connectivity index (χ1) is 7.06. The summed E-state index contributed by atoms with van der Waals surface area (Å²) in [5.41, 5.74) is 8.60. The number of Topliss-reactive ketones (excluding diaryl/α,β-unsaturated/α-hetero) is 1. The third kappa shape index (κ3) is 2.88. The van der Waals surface area contributed by atoms with E-state index in [2.05, 4.69) is 0 Å². The van der Waals surface area contributed by atoms with E-state index in [1.165, 1.54) is 12.7 Å². The Kier molecular flexibility index (Phi) is 4.00. The number of hydrogen-bond acceptors (Lipinski definition) is 3. The van der Waals surface area contributed by atoms with Crippen LogP contribution in [0.4, 0.5) is 0 Å². The summed E-state index contributed by atoms with van der Waals surface area (Å²) in [6.45, 7) is 4.25. The molecule has 0 fully saturated rings. The molecule has 0 bridgehead atoms. The summed E-state index contributed by atoms with van der Waals surface area (Å²) in [6.07, 6.45) is 0. The summed E-state index contributed by atoms with van der Waals surface area (Å²) in [4.78, 5) is 11.8. The second-order valence-electron chi connectivity index (χ2n) is 3.73. The van der Waals surface area contributed by atoms with Crippen LogP contribution in [0.15, 0.2) is 18.2 Å². The molecule has 0 aliphatic rings. The van der Waals surface area contributed by atoms with Crippen molar-refractivity contribution < 1.29 is 9.53 Å². The Morgan fingerprint density at radius 3 is 2.60 bits per heavy atom. The first-order valence-electron chi connectivity index (χ1n) is 4.92. The average Bonchev–Trinajstić information content (AvgIpc) is 2.21. The largest absolute Gasteiger partial charge is 0.383 e. The van der Waals surface area contributed by atoms with E-state index in [-0.39, 0.29) is 12.4 Å². The third-order valence-electron chi connectivity index (χ3n) is 2.47. The van der Waals surface area contributed by atoms with E-state index in [4.69, 9.17) is 10.5 Å². The summed E-state index contributed by atoms with van der Waals surface area (Å²) >= 11 is 0. The molecule has 0 saturated carbocycles. The minimum absolute atomic E-state index is 0.0695. The van der Waals surface area contributed by atoms with Crippen LogP contribution in [0.5, 0.6) is 0 Å². The summed E-state index contributed by atoms with van der Waals surface area (Å²) < 4.78 is 4.85. The molecule has 0 aromatic heterocycles. The molecule has 0 radical (unpaired) electrons. The SMILES string of the molecule is COCC(N)C(=O)c1ccc(C)c(C)c1. The number of ether oxygens (including phenoxy) is 1. The second kappa shape index (κ2) is 5.05. The third-order valence-corrected chi connectivity index (χ3v) is 2.47. The first-order valence-corrected chi connectivity index (χ1v) is 4.92. The molecular weight excluding hydrogens is 190 g/mol. The summed E-state index contributed by atoms with van der Waals surface area (Å²) in [7, 11) is 1.54. The van der Waals surface area contributed by atoms with Gasteiger partial charge in [-0.25, -0.2) is 0 Å². The predicted molar refractivity (Wildman–Crippen MR) is 60.1 cm³/mol. The van der Waals surface area contributed by atoms with Crippen molar-refractivity contribution in [1.29, 1.82) is 0 Å². The molecule has 1 aromatic rings. The van der Waals surface area contributed by atoms with Crippen LogP contribution in [0.25, 0.3) is 0 Å². The number of rotatable bonds is 4. The Hall–Kier alpha value is -1.19. The minimum Gasteiger partial charge on any atom is -0.383 e. The van der Waals surface area contributed by atoms with Gasteiger partial charge in [-0.1, -0.05) is 12.1 Å².